The first-order valence-electron chi connectivity index (χ1n) is 11.6. The minimum absolute atomic E-state index is 0.0300. The van der Waals surface area contributed by atoms with Crippen molar-refractivity contribution in [1.29, 1.82) is 0 Å². The summed E-state index contributed by atoms with van der Waals surface area (Å²) in [4.78, 5) is 38.8. The van der Waals surface area contributed by atoms with Crippen molar-refractivity contribution in [3.63, 3.8) is 0 Å². The van der Waals surface area contributed by atoms with Gasteiger partial charge in [-0.15, -0.1) is 0 Å². The average Bonchev–Trinajstić information content (AvgIpc) is 2.97. The number of rotatable bonds is 6. The number of hydrogen-bond acceptors (Lipinski definition) is 9. The second-order valence-corrected chi connectivity index (χ2v) is 8.52. The Bertz CT molecular complexity index is 1750. The van der Waals surface area contributed by atoms with Crippen LogP contribution in [0.3, 0.4) is 0 Å². The van der Waals surface area contributed by atoms with Crippen LogP contribution in [0.25, 0.3) is 44.6 Å². The monoisotopic (exact) mass is 516 g/mol. The largest absolute Gasteiger partial charge is 0.457 e. The Kier molecular flexibility index (Phi) is 5.77. The van der Waals surface area contributed by atoms with Gasteiger partial charge in [-0.1, -0.05) is 0 Å². The van der Waals surface area contributed by atoms with Gasteiger partial charge in [-0.25, -0.2) is 9.97 Å². The van der Waals surface area contributed by atoms with Gasteiger partial charge in [0.15, 0.2) is 0 Å². The molecule has 0 spiro atoms. The second kappa shape index (κ2) is 9.56. The molecule has 0 saturated carbocycles. The van der Waals surface area contributed by atoms with Crippen molar-refractivity contribution in [3.05, 3.63) is 118 Å². The van der Waals surface area contributed by atoms with Gasteiger partial charge >= 0.3 is 0 Å². The zero-order valence-electron chi connectivity index (χ0n) is 20.0. The van der Waals surface area contributed by atoms with Crippen molar-refractivity contribution in [1.82, 2.24) is 19.9 Å². The molecule has 0 aliphatic carbocycles. The molecule has 6 aromatic rings. The van der Waals surface area contributed by atoms with Gasteiger partial charge in [-0.2, -0.15) is 0 Å². The van der Waals surface area contributed by atoms with Crippen LogP contribution in [-0.2, 0) is 0 Å². The van der Waals surface area contributed by atoms with E-state index in [9.17, 15) is 20.2 Å². The summed E-state index contributed by atoms with van der Waals surface area (Å²) in [5, 5.41) is 21.9. The lowest BCUT2D eigenvalue weighted by Crippen LogP contribution is -1.92. The Hall–Kier alpha value is -5.84. The molecule has 0 aliphatic heterocycles. The lowest BCUT2D eigenvalue weighted by atomic mass is 10.1. The van der Waals surface area contributed by atoms with Gasteiger partial charge in [-0.3, -0.25) is 30.2 Å². The van der Waals surface area contributed by atoms with E-state index in [4.69, 9.17) is 4.74 Å². The topological polar surface area (TPSA) is 147 Å². The van der Waals surface area contributed by atoms with Crippen molar-refractivity contribution in [2.24, 2.45) is 0 Å². The number of nitrogens with zero attached hydrogens (tertiary/aromatic N) is 6. The number of fused-ring (bicyclic) bond motifs is 2. The first-order valence-corrected chi connectivity index (χ1v) is 11.6. The summed E-state index contributed by atoms with van der Waals surface area (Å²) < 4.78 is 5.97. The van der Waals surface area contributed by atoms with Crippen molar-refractivity contribution < 1.29 is 14.6 Å². The van der Waals surface area contributed by atoms with Gasteiger partial charge in [0.25, 0.3) is 11.4 Å². The molecule has 0 unspecified atom stereocenters. The zero-order valence-corrected chi connectivity index (χ0v) is 20.0. The van der Waals surface area contributed by atoms with E-state index in [1.165, 1.54) is 24.3 Å². The molecule has 0 atom stereocenters. The summed E-state index contributed by atoms with van der Waals surface area (Å²) in [6, 6.07) is 23.5. The lowest BCUT2D eigenvalue weighted by molar-refractivity contribution is -0.384. The zero-order chi connectivity index (χ0) is 26.9. The highest BCUT2D eigenvalue weighted by atomic mass is 16.6. The van der Waals surface area contributed by atoms with E-state index in [1.807, 2.05) is 48.5 Å². The van der Waals surface area contributed by atoms with Gasteiger partial charge in [0.2, 0.25) is 0 Å². The first-order chi connectivity index (χ1) is 18.9. The smallest absolute Gasteiger partial charge is 0.271 e. The Balaban J connectivity index is 1.17. The number of ether oxygens (including phenoxy) is 1. The van der Waals surface area contributed by atoms with Gasteiger partial charge in [0, 0.05) is 35.4 Å². The van der Waals surface area contributed by atoms with Gasteiger partial charge < -0.3 is 4.74 Å². The lowest BCUT2D eigenvalue weighted by Gasteiger charge is -2.08. The summed E-state index contributed by atoms with van der Waals surface area (Å²) >= 11 is 0. The van der Waals surface area contributed by atoms with Crippen molar-refractivity contribution >= 4 is 33.4 Å². The average molecular weight is 516 g/mol. The van der Waals surface area contributed by atoms with Gasteiger partial charge in [-0.05, 0) is 60.7 Å². The maximum atomic E-state index is 11.0. The predicted molar refractivity (Wildman–Crippen MR) is 143 cm³/mol. The quantitative estimate of drug-likeness (QED) is 0.178. The molecule has 188 valence electrons. The van der Waals surface area contributed by atoms with E-state index in [2.05, 4.69) is 19.9 Å². The van der Waals surface area contributed by atoms with Crippen LogP contribution < -0.4 is 4.74 Å². The Morgan fingerprint density at radius 3 is 1.33 bits per heavy atom. The fraction of sp³-hybridized carbons (Fsp3) is 0. The number of aromatic nitrogens is 4. The van der Waals surface area contributed by atoms with Crippen LogP contribution in [-0.4, -0.2) is 29.8 Å². The van der Waals surface area contributed by atoms with Crippen LogP contribution in [0.4, 0.5) is 11.4 Å². The van der Waals surface area contributed by atoms with E-state index >= 15 is 0 Å². The molecule has 0 radical (unpaired) electrons. The third kappa shape index (κ3) is 4.79. The summed E-state index contributed by atoms with van der Waals surface area (Å²) in [6.45, 7) is 0. The minimum Gasteiger partial charge on any atom is -0.457 e. The summed E-state index contributed by atoms with van der Waals surface area (Å²) in [5.74, 6) is 1.26. The highest BCUT2D eigenvalue weighted by Gasteiger charge is 2.11. The van der Waals surface area contributed by atoms with Crippen molar-refractivity contribution in [2.75, 3.05) is 0 Å². The van der Waals surface area contributed by atoms with Crippen LogP contribution in [0.1, 0.15) is 0 Å². The Morgan fingerprint density at radius 1 is 0.538 bits per heavy atom. The summed E-state index contributed by atoms with van der Waals surface area (Å²) in [7, 11) is 0. The standard InChI is InChI=1S/C28H16N6O5/c35-33(36)19-5-11-23-25(13-19)29-15-27(31-23)17-1-7-21(8-2-17)39-22-9-3-18(4-10-22)28-16-30-26-14-20(34(37)38)6-12-24(26)32-28/h1-16H. The number of nitro benzene ring substituents is 2. The van der Waals surface area contributed by atoms with Crippen LogP contribution in [0.2, 0.25) is 0 Å². The Labute approximate surface area is 219 Å². The molecule has 6 rings (SSSR count). The molecular formula is C28H16N6O5. The fourth-order valence-corrected chi connectivity index (χ4v) is 4.03. The molecule has 2 heterocycles. The van der Waals surface area contributed by atoms with Gasteiger partial charge in [0.05, 0.1) is 55.7 Å². The molecule has 0 saturated heterocycles. The fourth-order valence-electron chi connectivity index (χ4n) is 4.03. The van der Waals surface area contributed by atoms with Crippen LogP contribution in [0.5, 0.6) is 11.5 Å². The van der Waals surface area contributed by atoms with Crippen LogP contribution >= 0.6 is 0 Å². The van der Waals surface area contributed by atoms with Crippen molar-refractivity contribution in [2.45, 2.75) is 0 Å². The molecule has 0 N–H and O–H groups in total. The second-order valence-electron chi connectivity index (χ2n) is 8.52. The number of nitro groups is 2. The van der Waals surface area contributed by atoms with E-state index in [-0.39, 0.29) is 11.4 Å². The predicted octanol–water partition coefficient (Wildman–Crippen LogP) is 6.52. The van der Waals surface area contributed by atoms with E-state index in [0.29, 0.717) is 45.0 Å². The molecule has 0 aliphatic rings. The molecule has 4 aromatic carbocycles. The molecular weight excluding hydrogens is 500 g/mol. The molecule has 0 fully saturated rings. The molecule has 39 heavy (non-hydrogen) atoms. The van der Waals surface area contributed by atoms with Crippen LogP contribution in [0.15, 0.2) is 97.3 Å². The molecule has 11 heteroatoms. The third-order valence-corrected chi connectivity index (χ3v) is 6.01. The molecule has 0 amide bonds. The maximum Gasteiger partial charge on any atom is 0.271 e. The SMILES string of the molecule is O=[N+]([O-])c1ccc2nc(-c3ccc(Oc4ccc(-c5cnc6cc([N+](=O)[O-])ccc6n5)cc4)cc3)cnc2c1. The van der Waals surface area contributed by atoms with E-state index < -0.39 is 9.85 Å². The summed E-state index contributed by atoms with van der Waals surface area (Å²) in [6.07, 6.45) is 3.16. The van der Waals surface area contributed by atoms with Crippen LogP contribution in [0, 0.1) is 20.2 Å². The Morgan fingerprint density at radius 2 is 0.949 bits per heavy atom. The van der Waals surface area contributed by atoms with Gasteiger partial charge in [0.1, 0.15) is 11.5 Å². The number of benzene rings is 4. The normalized spacial score (nSPS) is 11.0. The highest BCUT2D eigenvalue weighted by molar-refractivity contribution is 5.80. The van der Waals surface area contributed by atoms with E-state index in [0.717, 1.165) is 11.1 Å². The number of hydrogen-bond donors (Lipinski definition) is 0. The maximum absolute atomic E-state index is 11.0. The van der Waals surface area contributed by atoms with Crippen molar-refractivity contribution in [3.8, 4) is 34.0 Å². The summed E-state index contributed by atoms with van der Waals surface area (Å²) in [5.41, 5.74) is 4.90. The molecule has 11 nitrogen and oxygen atoms in total. The molecule has 2 aromatic heterocycles. The first kappa shape index (κ1) is 23.6. The third-order valence-electron chi connectivity index (χ3n) is 6.01. The minimum atomic E-state index is -0.462. The number of non-ortho nitro benzene ring substituents is 2. The van der Waals surface area contributed by atoms with E-state index in [1.54, 1.807) is 24.5 Å². The highest BCUT2D eigenvalue weighted by Crippen LogP contribution is 2.29. The molecule has 0 bridgehead atoms.